The summed E-state index contributed by atoms with van der Waals surface area (Å²) in [6.45, 7) is 1.92. The first kappa shape index (κ1) is 13.5. The zero-order valence-corrected chi connectivity index (χ0v) is 11.4. The molecule has 1 aromatic carbocycles. The van der Waals surface area contributed by atoms with Crippen molar-refractivity contribution in [3.63, 3.8) is 0 Å². The number of aryl methyl sites for hydroxylation is 1. The Balaban J connectivity index is 2.22. The number of rotatable bonds is 5. The highest BCUT2D eigenvalue weighted by atomic mass is 32.2. The summed E-state index contributed by atoms with van der Waals surface area (Å²) in [5.74, 6) is 1.10. The largest absolute Gasteiger partial charge is 0.468 e. The third-order valence-electron chi connectivity index (χ3n) is 2.77. The van der Waals surface area contributed by atoms with E-state index in [4.69, 9.17) is 15.4 Å². The van der Waals surface area contributed by atoms with Crippen LogP contribution in [0.5, 0.6) is 0 Å². The van der Waals surface area contributed by atoms with Crippen LogP contribution in [-0.4, -0.2) is 11.0 Å². The van der Waals surface area contributed by atoms with Crippen LogP contribution in [0.15, 0.2) is 57.1 Å². The molecule has 2 aromatic rings. The molecule has 1 atom stereocenters. The number of nitrogens with two attached hydrogens (primary N) is 1. The van der Waals surface area contributed by atoms with E-state index >= 15 is 0 Å². The van der Waals surface area contributed by atoms with Gasteiger partial charge in [-0.15, -0.1) is 11.8 Å². The van der Waals surface area contributed by atoms with Crippen LogP contribution < -0.4 is 5.73 Å². The molecule has 0 saturated carbocycles. The number of benzene rings is 1. The van der Waals surface area contributed by atoms with Crippen LogP contribution in [0.4, 0.5) is 0 Å². The molecule has 0 amide bonds. The highest BCUT2D eigenvalue weighted by Gasteiger charge is 2.17. The third kappa shape index (κ3) is 3.54. The van der Waals surface area contributed by atoms with Crippen molar-refractivity contribution >= 4 is 17.6 Å². The van der Waals surface area contributed by atoms with Crippen molar-refractivity contribution in [2.75, 3.05) is 0 Å². The van der Waals surface area contributed by atoms with E-state index in [1.807, 2.05) is 43.3 Å². The number of nitrogens with zero attached hydrogens (tertiary/aromatic N) is 1. The summed E-state index contributed by atoms with van der Waals surface area (Å²) >= 11 is 1.65. The van der Waals surface area contributed by atoms with E-state index in [2.05, 4.69) is 5.16 Å². The zero-order chi connectivity index (χ0) is 13.7. The molecule has 0 saturated heterocycles. The summed E-state index contributed by atoms with van der Waals surface area (Å²) in [7, 11) is 0. The molecular weight excluding hydrogens is 260 g/mol. The van der Waals surface area contributed by atoms with Gasteiger partial charge in [0.25, 0.3) is 0 Å². The van der Waals surface area contributed by atoms with Crippen LogP contribution in [0.1, 0.15) is 23.0 Å². The number of furan rings is 1. The van der Waals surface area contributed by atoms with E-state index in [9.17, 15) is 0 Å². The van der Waals surface area contributed by atoms with Gasteiger partial charge in [0.2, 0.25) is 0 Å². The zero-order valence-electron chi connectivity index (χ0n) is 10.6. The Morgan fingerprint density at radius 2 is 2.11 bits per heavy atom. The molecule has 4 nitrogen and oxygen atoms in total. The summed E-state index contributed by atoms with van der Waals surface area (Å²) < 4.78 is 5.30. The number of hydrogen-bond donors (Lipinski definition) is 2. The predicted molar refractivity (Wildman–Crippen MR) is 76.5 cm³/mol. The molecule has 0 bridgehead atoms. The Hall–Kier alpha value is -1.88. The Bertz CT molecular complexity index is 552. The monoisotopic (exact) mass is 276 g/mol. The second-order valence-corrected chi connectivity index (χ2v) is 5.40. The topological polar surface area (TPSA) is 71.8 Å². The van der Waals surface area contributed by atoms with Crippen molar-refractivity contribution in [1.29, 1.82) is 0 Å². The predicted octanol–water partition coefficient (Wildman–Crippen LogP) is 3.56. The standard InChI is InChI=1S/C14H16N2O2S/c1-10-12(7-8-18-10)19-13(9-14(15)16-17)11-5-3-2-4-6-11/h2-8,13,17H,9H2,1H3,(H2,15,16). The average molecular weight is 276 g/mol. The highest BCUT2D eigenvalue weighted by Crippen LogP contribution is 2.39. The molecule has 5 heteroatoms. The van der Waals surface area contributed by atoms with Crippen molar-refractivity contribution in [2.24, 2.45) is 10.9 Å². The molecule has 19 heavy (non-hydrogen) atoms. The van der Waals surface area contributed by atoms with Crippen LogP contribution >= 0.6 is 11.8 Å². The molecule has 0 aliphatic heterocycles. The Labute approximate surface area is 116 Å². The lowest BCUT2D eigenvalue weighted by Crippen LogP contribution is -2.14. The van der Waals surface area contributed by atoms with Gasteiger partial charge in [0.1, 0.15) is 11.6 Å². The molecule has 0 fully saturated rings. The quantitative estimate of drug-likeness (QED) is 0.288. The van der Waals surface area contributed by atoms with E-state index in [1.165, 1.54) is 0 Å². The van der Waals surface area contributed by atoms with Gasteiger partial charge in [0, 0.05) is 16.6 Å². The first-order chi connectivity index (χ1) is 9.20. The van der Waals surface area contributed by atoms with Gasteiger partial charge < -0.3 is 15.4 Å². The Kier molecular flexibility index (Phi) is 4.52. The van der Waals surface area contributed by atoms with Gasteiger partial charge in [0.15, 0.2) is 0 Å². The minimum atomic E-state index is 0.0911. The molecule has 1 aromatic heterocycles. The van der Waals surface area contributed by atoms with Crippen LogP contribution in [0.25, 0.3) is 0 Å². The van der Waals surface area contributed by atoms with Crippen molar-refractivity contribution in [2.45, 2.75) is 23.5 Å². The normalized spacial score (nSPS) is 13.4. The maximum absolute atomic E-state index is 8.75. The fraction of sp³-hybridized carbons (Fsp3) is 0.214. The van der Waals surface area contributed by atoms with Crippen molar-refractivity contribution in [3.8, 4) is 0 Å². The summed E-state index contributed by atoms with van der Waals surface area (Å²) in [5, 5.41) is 11.9. The second-order valence-electron chi connectivity index (χ2n) is 4.15. The molecule has 0 aliphatic carbocycles. The Morgan fingerprint density at radius 3 is 2.68 bits per heavy atom. The first-order valence-corrected chi connectivity index (χ1v) is 6.80. The molecular formula is C14H16N2O2S. The van der Waals surface area contributed by atoms with E-state index < -0.39 is 0 Å². The number of oxime groups is 1. The number of hydrogen-bond acceptors (Lipinski definition) is 4. The summed E-state index contributed by atoms with van der Waals surface area (Å²) in [4.78, 5) is 1.07. The van der Waals surface area contributed by atoms with Gasteiger partial charge in [0.05, 0.1) is 6.26 Å². The lowest BCUT2D eigenvalue weighted by Gasteiger charge is -2.15. The van der Waals surface area contributed by atoms with Crippen molar-refractivity contribution in [1.82, 2.24) is 0 Å². The highest BCUT2D eigenvalue weighted by molar-refractivity contribution is 7.99. The van der Waals surface area contributed by atoms with Gasteiger partial charge in [-0.1, -0.05) is 35.5 Å². The maximum Gasteiger partial charge on any atom is 0.140 e. The molecule has 2 rings (SSSR count). The average Bonchev–Trinajstić information content (AvgIpc) is 2.84. The van der Waals surface area contributed by atoms with Gasteiger partial charge in [-0.25, -0.2) is 0 Å². The molecule has 0 radical (unpaired) electrons. The SMILES string of the molecule is Cc1occc1SC(C/C(N)=N/O)c1ccccc1. The molecule has 0 aliphatic rings. The minimum absolute atomic E-state index is 0.0911. The van der Waals surface area contributed by atoms with E-state index in [0.717, 1.165) is 16.2 Å². The van der Waals surface area contributed by atoms with Crippen molar-refractivity contribution in [3.05, 3.63) is 54.0 Å². The number of thioether (sulfide) groups is 1. The fourth-order valence-corrected chi connectivity index (χ4v) is 2.98. The van der Waals surface area contributed by atoms with Crippen molar-refractivity contribution < 1.29 is 9.62 Å². The fourth-order valence-electron chi connectivity index (χ4n) is 1.77. The third-order valence-corrected chi connectivity index (χ3v) is 4.18. The Morgan fingerprint density at radius 1 is 1.37 bits per heavy atom. The smallest absolute Gasteiger partial charge is 0.140 e. The summed E-state index contributed by atoms with van der Waals surface area (Å²) in [6.07, 6.45) is 2.15. The minimum Gasteiger partial charge on any atom is -0.468 e. The van der Waals surface area contributed by atoms with Gasteiger partial charge in [-0.2, -0.15) is 0 Å². The molecule has 1 unspecified atom stereocenters. The first-order valence-electron chi connectivity index (χ1n) is 5.93. The van der Waals surface area contributed by atoms with E-state index in [-0.39, 0.29) is 11.1 Å². The lowest BCUT2D eigenvalue weighted by atomic mass is 10.1. The van der Waals surface area contributed by atoms with E-state index in [1.54, 1.807) is 18.0 Å². The molecule has 100 valence electrons. The van der Waals surface area contributed by atoms with E-state index in [0.29, 0.717) is 6.42 Å². The van der Waals surface area contributed by atoms with Gasteiger partial charge >= 0.3 is 0 Å². The van der Waals surface area contributed by atoms with Crippen LogP contribution in [0.3, 0.4) is 0 Å². The number of amidine groups is 1. The molecule has 0 spiro atoms. The van der Waals surface area contributed by atoms with Crippen LogP contribution in [-0.2, 0) is 0 Å². The molecule has 1 heterocycles. The van der Waals surface area contributed by atoms with Gasteiger partial charge in [-0.05, 0) is 18.6 Å². The van der Waals surface area contributed by atoms with Gasteiger partial charge in [-0.3, -0.25) is 0 Å². The van der Waals surface area contributed by atoms with Crippen LogP contribution in [0, 0.1) is 6.92 Å². The summed E-state index contributed by atoms with van der Waals surface area (Å²) in [5.41, 5.74) is 6.78. The maximum atomic E-state index is 8.75. The van der Waals surface area contributed by atoms with Crippen LogP contribution in [0.2, 0.25) is 0 Å². The lowest BCUT2D eigenvalue weighted by molar-refractivity contribution is 0.317. The summed E-state index contributed by atoms with van der Waals surface area (Å²) in [6, 6.07) is 11.9. The second kappa shape index (κ2) is 6.33. The molecule has 3 N–H and O–H groups in total.